The quantitative estimate of drug-likeness (QED) is 0.866. The number of fused-ring (bicyclic) bond motifs is 1. The van der Waals surface area contributed by atoms with Gasteiger partial charge in [0.15, 0.2) is 0 Å². The van der Waals surface area contributed by atoms with Crippen LogP contribution < -0.4 is 0 Å². The highest BCUT2D eigenvalue weighted by Gasteiger charge is 2.49. The minimum absolute atomic E-state index is 0.0843. The van der Waals surface area contributed by atoms with E-state index in [1.807, 2.05) is 18.7 Å². The first kappa shape index (κ1) is 14.0. The van der Waals surface area contributed by atoms with E-state index in [0.717, 1.165) is 47.8 Å². The number of hydrogen-bond acceptors (Lipinski definition) is 4. The molecule has 0 spiro atoms. The van der Waals surface area contributed by atoms with Gasteiger partial charge in [0.25, 0.3) is 5.91 Å². The molecule has 1 saturated carbocycles. The van der Waals surface area contributed by atoms with E-state index < -0.39 is 0 Å². The van der Waals surface area contributed by atoms with Crippen molar-refractivity contribution in [2.75, 3.05) is 6.54 Å². The Bertz CT molecular complexity index is 542. The normalized spacial score (nSPS) is 33.3. The van der Waals surface area contributed by atoms with Crippen LogP contribution in [0.25, 0.3) is 0 Å². The molecule has 2 heterocycles. The second-order valence-corrected chi connectivity index (χ2v) is 7.70. The minimum Gasteiger partial charge on any atom is -0.393 e. The zero-order chi connectivity index (χ0) is 14.5. The predicted octanol–water partition coefficient (Wildman–Crippen LogP) is 2.53. The van der Waals surface area contributed by atoms with E-state index in [9.17, 15) is 9.90 Å². The van der Waals surface area contributed by atoms with E-state index in [1.165, 1.54) is 11.3 Å². The Balaban J connectivity index is 1.85. The molecule has 3 atom stereocenters. The highest BCUT2D eigenvalue weighted by Crippen LogP contribution is 2.47. The van der Waals surface area contributed by atoms with Crippen LogP contribution in [-0.2, 0) is 0 Å². The molecule has 0 bridgehead atoms. The summed E-state index contributed by atoms with van der Waals surface area (Å²) in [7, 11) is 0. The number of likely N-dealkylation sites (tertiary alicyclic amines) is 1. The molecule has 110 valence electrons. The molecule has 20 heavy (non-hydrogen) atoms. The third-order valence-electron chi connectivity index (χ3n) is 4.94. The largest absolute Gasteiger partial charge is 0.393 e. The van der Waals surface area contributed by atoms with Crippen LogP contribution in [0.1, 0.15) is 53.0 Å². The van der Waals surface area contributed by atoms with Crippen molar-refractivity contribution in [2.45, 2.75) is 58.6 Å². The van der Waals surface area contributed by atoms with Gasteiger partial charge in [-0.2, -0.15) is 0 Å². The fraction of sp³-hybridized carbons (Fsp3) is 0.733. The van der Waals surface area contributed by atoms with Gasteiger partial charge in [-0.05, 0) is 44.9 Å². The number of aliphatic hydroxyl groups is 1. The second-order valence-electron chi connectivity index (χ2n) is 6.50. The Morgan fingerprint density at radius 2 is 2.20 bits per heavy atom. The lowest BCUT2D eigenvalue weighted by atomic mass is 9.71. The predicted molar refractivity (Wildman–Crippen MR) is 79.0 cm³/mol. The summed E-state index contributed by atoms with van der Waals surface area (Å²) in [6.45, 7) is 6.89. The molecule has 1 aromatic rings. The highest BCUT2D eigenvalue weighted by atomic mass is 32.1. The zero-order valence-electron chi connectivity index (χ0n) is 12.3. The molecule has 3 rings (SSSR count). The molecule has 0 aromatic carbocycles. The summed E-state index contributed by atoms with van der Waals surface area (Å²) >= 11 is 1.50. The average molecular weight is 294 g/mol. The first-order valence-corrected chi connectivity index (χ1v) is 8.15. The van der Waals surface area contributed by atoms with Crippen molar-refractivity contribution < 1.29 is 9.90 Å². The first-order valence-electron chi connectivity index (χ1n) is 7.34. The molecule has 2 fully saturated rings. The van der Waals surface area contributed by atoms with Crippen LogP contribution in [0.4, 0.5) is 0 Å². The number of amides is 1. The van der Waals surface area contributed by atoms with E-state index in [4.69, 9.17) is 0 Å². The third kappa shape index (κ3) is 2.17. The van der Waals surface area contributed by atoms with Gasteiger partial charge >= 0.3 is 0 Å². The van der Waals surface area contributed by atoms with Crippen LogP contribution in [0.5, 0.6) is 0 Å². The number of nitrogens with zero attached hydrogens (tertiary/aromatic N) is 2. The van der Waals surface area contributed by atoms with Gasteiger partial charge in [0, 0.05) is 12.6 Å². The summed E-state index contributed by atoms with van der Waals surface area (Å²) in [5.41, 5.74) is 0.933. The van der Waals surface area contributed by atoms with Gasteiger partial charge in [0.1, 0.15) is 4.88 Å². The van der Waals surface area contributed by atoms with Gasteiger partial charge < -0.3 is 10.0 Å². The number of aliphatic hydroxyl groups excluding tert-OH is 1. The summed E-state index contributed by atoms with van der Waals surface area (Å²) < 4.78 is 0. The molecular formula is C15H22N2O2S. The molecule has 0 radical (unpaired) electrons. The number of carbonyl (C=O) groups excluding carboxylic acids is 1. The molecule has 1 saturated heterocycles. The summed E-state index contributed by atoms with van der Waals surface area (Å²) in [6.07, 6.45) is 3.35. The lowest BCUT2D eigenvalue weighted by molar-refractivity contribution is 0.0212. The molecule has 4 nitrogen and oxygen atoms in total. The Labute approximate surface area is 123 Å². The van der Waals surface area contributed by atoms with Crippen molar-refractivity contribution in [3.05, 3.63) is 15.6 Å². The van der Waals surface area contributed by atoms with Crippen molar-refractivity contribution in [2.24, 2.45) is 5.41 Å². The first-order chi connectivity index (χ1) is 9.40. The average Bonchev–Trinajstić information content (AvgIpc) is 2.87. The molecule has 5 heteroatoms. The maximum atomic E-state index is 12.8. The van der Waals surface area contributed by atoms with Crippen LogP contribution in [0, 0.1) is 19.3 Å². The van der Waals surface area contributed by atoms with Crippen LogP contribution in [0.2, 0.25) is 0 Å². The lowest BCUT2D eigenvalue weighted by Gasteiger charge is -2.41. The van der Waals surface area contributed by atoms with E-state index in [1.54, 1.807) is 0 Å². The van der Waals surface area contributed by atoms with E-state index in [0.29, 0.717) is 0 Å². The zero-order valence-corrected chi connectivity index (χ0v) is 13.2. The SMILES string of the molecule is Cc1nc(C)c(C(=O)N2CC[C@@]3(C)C[C@H](O)CC[C@@H]23)s1. The summed E-state index contributed by atoms with van der Waals surface area (Å²) in [5.74, 6) is 0.137. The van der Waals surface area contributed by atoms with Crippen LogP contribution in [0.3, 0.4) is 0 Å². The standard InChI is InChI=1S/C15H22N2O2S/c1-9-13(20-10(2)16-9)14(19)17-7-6-15(3)8-11(18)4-5-12(15)17/h11-12,18H,4-8H2,1-3H3/t11-,12-,15+/m1/s1. The van der Waals surface area contributed by atoms with Crippen molar-refractivity contribution in [1.29, 1.82) is 0 Å². The molecule has 2 aliphatic rings. The smallest absolute Gasteiger partial charge is 0.266 e. The van der Waals surface area contributed by atoms with Crippen molar-refractivity contribution in [1.82, 2.24) is 9.88 Å². The third-order valence-corrected chi connectivity index (χ3v) is 6.00. The second kappa shape index (κ2) is 4.81. The van der Waals surface area contributed by atoms with Gasteiger partial charge in [0.2, 0.25) is 0 Å². The number of hydrogen-bond donors (Lipinski definition) is 1. The van der Waals surface area contributed by atoms with E-state index in [2.05, 4.69) is 11.9 Å². The van der Waals surface area contributed by atoms with Crippen molar-refractivity contribution in [3.63, 3.8) is 0 Å². The van der Waals surface area contributed by atoms with E-state index in [-0.39, 0.29) is 23.5 Å². The van der Waals surface area contributed by atoms with Gasteiger partial charge in [-0.15, -0.1) is 11.3 Å². The Kier molecular flexibility index (Phi) is 3.37. The van der Waals surface area contributed by atoms with E-state index >= 15 is 0 Å². The van der Waals surface area contributed by atoms with Gasteiger partial charge in [-0.1, -0.05) is 6.92 Å². The van der Waals surface area contributed by atoms with Crippen molar-refractivity contribution in [3.8, 4) is 0 Å². The molecule has 1 aliphatic carbocycles. The molecule has 1 amide bonds. The Hall–Kier alpha value is -0.940. The van der Waals surface area contributed by atoms with Crippen LogP contribution in [-0.4, -0.2) is 39.6 Å². The maximum absolute atomic E-state index is 12.8. The maximum Gasteiger partial charge on any atom is 0.266 e. The molecule has 1 aliphatic heterocycles. The molecule has 1 N–H and O–H groups in total. The minimum atomic E-state index is -0.196. The number of aryl methyl sites for hydroxylation is 2. The number of rotatable bonds is 1. The lowest BCUT2D eigenvalue weighted by Crippen LogP contribution is -2.46. The van der Waals surface area contributed by atoms with Gasteiger partial charge in [0.05, 0.1) is 16.8 Å². The number of thiazole rings is 1. The molecule has 1 aromatic heterocycles. The fourth-order valence-corrected chi connectivity index (χ4v) is 4.79. The number of aromatic nitrogens is 1. The Morgan fingerprint density at radius 1 is 1.45 bits per heavy atom. The summed E-state index contributed by atoms with van der Waals surface area (Å²) in [5, 5.41) is 10.9. The topological polar surface area (TPSA) is 53.4 Å². The molecular weight excluding hydrogens is 272 g/mol. The number of carbonyl (C=O) groups is 1. The van der Waals surface area contributed by atoms with Gasteiger partial charge in [-0.25, -0.2) is 4.98 Å². The van der Waals surface area contributed by atoms with Crippen molar-refractivity contribution >= 4 is 17.2 Å². The highest BCUT2D eigenvalue weighted by molar-refractivity contribution is 7.13. The fourth-order valence-electron chi connectivity index (χ4n) is 3.91. The monoisotopic (exact) mass is 294 g/mol. The molecule has 0 unspecified atom stereocenters. The van der Waals surface area contributed by atoms with Gasteiger partial charge in [-0.3, -0.25) is 4.79 Å². The Morgan fingerprint density at radius 3 is 2.85 bits per heavy atom. The van der Waals surface area contributed by atoms with Crippen LogP contribution in [0.15, 0.2) is 0 Å². The summed E-state index contributed by atoms with van der Waals surface area (Å²) in [4.78, 5) is 20.0. The summed E-state index contributed by atoms with van der Waals surface area (Å²) in [6, 6.07) is 0.278. The van der Waals surface area contributed by atoms with Crippen LogP contribution >= 0.6 is 11.3 Å².